The van der Waals surface area contributed by atoms with Crippen molar-refractivity contribution in [3.8, 4) is 0 Å². The van der Waals surface area contributed by atoms with Crippen molar-refractivity contribution in [3.63, 3.8) is 0 Å². The lowest BCUT2D eigenvalue weighted by molar-refractivity contribution is 0.0995. The molecule has 0 amide bonds. The number of aromatic nitrogens is 2. The highest BCUT2D eigenvalue weighted by atomic mass is 32.2. The molecule has 2 aromatic carbocycles. The third-order valence-electron chi connectivity index (χ3n) is 4.62. The number of aromatic amines is 1. The van der Waals surface area contributed by atoms with Crippen LogP contribution in [0.4, 0.5) is 0 Å². The van der Waals surface area contributed by atoms with E-state index in [-0.39, 0.29) is 10.7 Å². The van der Waals surface area contributed by atoms with Gasteiger partial charge in [-0.25, -0.2) is 17.7 Å². The molecule has 2 heterocycles. The van der Waals surface area contributed by atoms with Crippen LogP contribution in [0.1, 0.15) is 17.3 Å². The average Bonchev–Trinajstić information content (AvgIpc) is 3.29. The van der Waals surface area contributed by atoms with Gasteiger partial charge in [-0.1, -0.05) is 30.0 Å². The van der Waals surface area contributed by atoms with E-state index in [9.17, 15) is 13.2 Å². The number of hydrogen-bond acceptors (Lipinski definition) is 6. The molecule has 0 aliphatic rings. The summed E-state index contributed by atoms with van der Waals surface area (Å²) in [6, 6.07) is 12.2. The number of H-pyrrole nitrogens is 1. The molecule has 1 atom stereocenters. The Balaban J connectivity index is 1.59. The number of fused-ring (bicyclic) bond motifs is 2. The van der Waals surface area contributed by atoms with E-state index in [2.05, 4.69) is 9.97 Å². The SMILES string of the molecule is CC(Sc1nc2cc(S(=O)(=O)N(C)C)ccc2o1)C(=O)c1c[nH]c2ccccc12. The molecule has 1 N–H and O–H groups in total. The molecule has 4 rings (SSSR count). The zero-order valence-corrected chi connectivity index (χ0v) is 17.7. The lowest BCUT2D eigenvalue weighted by Crippen LogP contribution is -2.22. The van der Waals surface area contributed by atoms with Gasteiger partial charge < -0.3 is 9.40 Å². The van der Waals surface area contributed by atoms with E-state index >= 15 is 0 Å². The maximum Gasteiger partial charge on any atom is 0.257 e. The molecule has 1 unspecified atom stereocenters. The van der Waals surface area contributed by atoms with Crippen molar-refractivity contribution in [1.29, 1.82) is 0 Å². The minimum atomic E-state index is -3.56. The van der Waals surface area contributed by atoms with Gasteiger partial charge in [0.05, 0.1) is 10.1 Å². The first-order valence-electron chi connectivity index (χ1n) is 8.87. The summed E-state index contributed by atoms with van der Waals surface area (Å²) < 4.78 is 31.5. The predicted octanol–water partition coefficient (Wildman–Crippen LogP) is 3.92. The van der Waals surface area contributed by atoms with E-state index in [0.717, 1.165) is 15.2 Å². The van der Waals surface area contributed by atoms with Gasteiger partial charge >= 0.3 is 0 Å². The summed E-state index contributed by atoms with van der Waals surface area (Å²) in [6.45, 7) is 1.80. The number of nitrogens with zero attached hydrogens (tertiary/aromatic N) is 2. The number of sulfonamides is 1. The summed E-state index contributed by atoms with van der Waals surface area (Å²) >= 11 is 1.20. The van der Waals surface area contributed by atoms with Crippen molar-refractivity contribution in [2.24, 2.45) is 0 Å². The fourth-order valence-corrected chi connectivity index (χ4v) is 4.75. The Kier molecular flexibility index (Phi) is 4.97. The topological polar surface area (TPSA) is 96.3 Å². The van der Waals surface area contributed by atoms with Gasteiger partial charge in [0.1, 0.15) is 5.52 Å². The third kappa shape index (κ3) is 3.57. The van der Waals surface area contributed by atoms with Crippen LogP contribution in [0, 0.1) is 0 Å². The van der Waals surface area contributed by atoms with Crippen molar-refractivity contribution in [2.45, 2.75) is 22.3 Å². The van der Waals surface area contributed by atoms with Crippen LogP contribution in [0.2, 0.25) is 0 Å². The fourth-order valence-electron chi connectivity index (χ4n) is 3.01. The number of oxazole rings is 1. The van der Waals surface area contributed by atoms with Crippen molar-refractivity contribution in [3.05, 3.63) is 54.2 Å². The van der Waals surface area contributed by atoms with Gasteiger partial charge in [0.15, 0.2) is 11.4 Å². The fraction of sp³-hybridized carbons (Fsp3) is 0.200. The number of hydrogen-bond donors (Lipinski definition) is 1. The second-order valence-corrected chi connectivity index (χ2v) is 10.2. The molecular formula is C20H19N3O4S2. The molecule has 0 bridgehead atoms. The number of Topliss-reactive ketones (excluding diaryl/α,β-unsaturated/α-hetero) is 1. The number of nitrogens with one attached hydrogen (secondary N) is 1. The molecule has 0 aliphatic carbocycles. The van der Waals surface area contributed by atoms with Gasteiger partial charge in [-0.15, -0.1) is 0 Å². The van der Waals surface area contributed by atoms with Gasteiger partial charge in [-0.05, 0) is 31.2 Å². The number of benzene rings is 2. The van der Waals surface area contributed by atoms with Crippen LogP contribution in [-0.4, -0.2) is 47.8 Å². The minimum Gasteiger partial charge on any atom is -0.431 e. The van der Waals surface area contributed by atoms with Gasteiger partial charge in [-0.3, -0.25) is 4.79 Å². The average molecular weight is 430 g/mol. The van der Waals surface area contributed by atoms with E-state index in [1.54, 1.807) is 19.2 Å². The molecule has 4 aromatic rings. The molecule has 150 valence electrons. The zero-order valence-electron chi connectivity index (χ0n) is 16.0. The van der Waals surface area contributed by atoms with Crippen LogP contribution in [-0.2, 0) is 10.0 Å². The smallest absolute Gasteiger partial charge is 0.257 e. The predicted molar refractivity (Wildman–Crippen MR) is 113 cm³/mol. The highest BCUT2D eigenvalue weighted by Gasteiger charge is 2.23. The Morgan fingerprint density at radius 1 is 1.21 bits per heavy atom. The van der Waals surface area contributed by atoms with Crippen LogP contribution in [0.5, 0.6) is 0 Å². The normalized spacial score (nSPS) is 13.4. The number of thioether (sulfide) groups is 1. The lowest BCUT2D eigenvalue weighted by atomic mass is 10.1. The quantitative estimate of drug-likeness (QED) is 0.369. The van der Waals surface area contributed by atoms with E-state index in [1.807, 2.05) is 24.3 Å². The van der Waals surface area contributed by atoms with Crippen molar-refractivity contribution in [1.82, 2.24) is 14.3 Å². The van der Waals surface area contributed by atoms with Gasteiger partial charge in [0.25, 0.3) is 5.22 Å². The summed E-state index contributed by atoms with van der Waals surface area (Å²) in [5, 5.41) is 0.772. The largest absolute Gasteiger partial charge is 0.431 e. The molecule has 7 nitrogen and oxygen atoms in total. The third-order valence-corrected chi connectivity index (χ3v) is 7.37. The molecule has 9 heteroatoms. The van der Waals surface area contributed by atoms with E-state index in [0.29, 0.717) is 21.9 Å². The first-order chi connectivity index (χ1) is 13.8. The number of rotatable bonds is 6. The molecule has 0 saturated heterocycles. The van der Waals surface area contributed by atoms with Crippen LogP contribution in [0.15, 0.2) is 63.2 Å². The summed E-state index contributed by atoms with van der Waals surface area (Å²) in [4.78, 5) is 20.5. The Hall–Kier alpha value is -2.62. The van der Waals surface area contributed by atoms with E-state index in [4.69, 9.17) is 4.42 Å². The molecular weight excluding hydrogens is 410 g/mol. The second-order valence-electron chi connectivity index (χ2n) is 6.77. The monoisotopic (exact) mass is 429 g/mol. The number of para-hydroxylation sites is 1. The van der Waals surface area contributed by atoms with Crippen LogP contribution in [0.3, 0.4) is 0 Å². The lowest BCUT2D eigenvalue weighted by Gasteiger charge is -2.10. The molecule has 0 spiro atoms. The van der Waals surface area contributed by atoms with Gasteiger partial charge in [0, 0.05) is 36.8 Å². The van der Waals surface area contributed by atoms with Crippen LogP contribution in [0.25, 0.3) is 22.0 Å². The molecule has 2 aromatic heterocycles. The van der Waals surface area contributed by atoms with Gasteiger partial charge in [0.2, 0.25) is 10.0 Å². The summed E-state index contributed by atoms with van der Waals surface area (Å²) in [7, 11) is -0.611. The second kappa shape index (κ2) is 7.33. The zero-order chi connectivity index (χ0) is 20.8. The molecule has 0 fully saturated rings. The maximum absolute atomic E-state index is 12.9. The van der Waals surface area contributed by atoms with Crippen molar-refractivity contribution >= 4 is 49.6 Å². The minimum absolute atomic E-state index is 0.0365. The highest BCUT2D eigenvalue weighted by molar-refractivity contribution is 8.00. The maximum atomic E-state index is 12.9. The molecule has 0 saturated carbocycles. The summed E-state index contributed by atoms with van der Waals surface area (Å²) in [5.74, 6) is -0.0365. The Morgan fingerprint density at radius 3 is 2.72 bits per heavy atom. The first kappa shape index (κ1) is 19.7. The first-order valence-corrected chi connectivity index (χ1v) is 11.2. The standard InChI is InChI=1S/C20H19N3O4S2/c1-12(19(24)15-11-21-16-7-5-4-6-14(15)16)28-20-22-17-10-13(8-9-18(17)27-20)29(25,26)23(2)3/h4-12,21H,1-3H3. The number of carbonyl (C=O) groups excluding carboxylic acids is 1. The Morgan fingerprint density at radius 2 is 1.97 bits per heavy atom. The highest BCUT2D eigenvalue weighted by Crippen LogP contribution is 2.31. The van der Waals surface area contributed by atoms with E-state index < -0.39 is 15.3 Å². The Labute approximate surface area is 172 Å². The summed E-state index contributed by atoms with van der Waals surface area (Å²) in [5.41, 5.74) is 2.43. The molecule has 29 heavy (non-hydrogen) atoms. The van der Waals surface area contributed by atoms with E-state index in [1.165, 1.54) is 38.0 Å². The van der Waals surface area contributed by atoms with Crippen LogP contribution >= 0.6 is 11.8 Å². The Bertz CT molecular complexity index is 1320. The molecule has 0 aliphatic heterocycles. The van der Waals surface area contributed by atoms with Crippen molar-refractivity contribution < 1.29 is 17.6 Å². The number of ketones is 1. The van der Waals surface area contributed by atoms with Crippen molar-refractivity contribution in [2.75, 3.05) is 14.1 Å². The molecule has 0 radical (unpaired) electrons. The number of carbonyl (C=O) groups is 1. The van der Waals surface area contributed by atoms with Gasteiger partial charge in [-0.2, -0.15) is 0 Å². The van der Waals surface area contributed by atoms with Crippen LogP contribution < -0.4 is 0 Å². The summed E-state index contributed by atoms with van der Waals surface area (Å²) in [6.07, 6.45) is 1.72.